The zero-order chi connectivity index (χ0) is 24.1. The highest BCUT2D eigenvalue weighted by Crippen LogP contribution is 2.52. The van der Waals surface area contributed by atoms with Gasteiger partial charge in [0.05, 0.1) is 11.5 Å². The minimum absolute atomic E-state index is 0.0555. The number of carbonyl (C=O) groups excluding carboxylic acids is 4. The molecule has 33 heavy (non-hydrogen) atoms. The highest BCUT2D eigenvalue weighted by molar-refractivity contribution is 5.93. The second kappa shape index (κ2) is 8.25. The lowest BCUT2D eigenvalue weighted by molar-refractivity contribution is -0.154. The summed E-state index contributed by atoms with van der Waals surface area (Å²) in [6.45, 7) is 7.38. The summed E-state index contributed by atoms with van der Waals surface area (Å²) < 4.78 is 33.6. The van der Waals surface area contributed by atoms with Crippen molar-refractivity contribution in [3.05, 3.63) is 23.3 Å². The zero-order valence-electron chi connectivity index (χ0n) is 19.2. The minimum atomic E-state index is -0.947. The van der Waals surface area contributed by atoms with E-state index in [2.05, 4.69) is 0 Å². The summed E-state index contributed by atoms with van der Waals surface area (Å²) in [4.78, 5) is 48.3. The normalized spacial score (nSPS) is 37.2. The first-order chi connectivity index (χ1) is 15.5. The topological polar surface area (TPSA) is 130 Å². The third-order valence-corrected chi connectivity index (χ3v) is 6.27. The van der Waals surface area contributed by atoms with Gasteiger partial charge in [-0.3, -0.25) is 14.4 Å². The molecule has 4 rings (SSSR count). The van der Waals surface area contributed by atoms with Crippen LogP contribution in [0.3, 0.4) is 0 Å². The molecule has 10 nitrogen and oxygen atoms in total. The van der Waals surface area contributed by atoms with Gasteiger partial charge in [-0.25, -0.2) is 4.79 Å². The van der Waals surface area contributed by atoms with Crippen molar-refractivity contribution in [2.45, 2.75) is 76.7 Å². The Labute approximate surface area is 191 Å². The number of hydrogen-bond acceptors (Lipinski definition) is 10. The van der Waals surface area contributed by atoms with Gasteiger partial charge in [0, 0.05) is 25.8 Å². The molecule has 0 amide bonds. The van der Waals surface area contributed by atoms with E-state index < -0.39 is 65.4 Å². The van der Waals surface area contributed by atoms with Crippen LogP contribution < -0.4 is 0 Å². The highest BCUT2D eigenvalue weighted by atomic mass is 16.7. The molecule has 6 atom stereocenters. The van der Waals surface area contributed by atoms with E-state index in [1.54, 1.807) is 13.8 Å². The molecule has 0 radical (unpaired) electrons. The number of epoxide rings is 2. The van der Waals surface area contributed by atoms with Crippen molar-refractivity contribution in [2.24, 2.45) is 5.92 Å². The second-order valence-electron chi connectivity index (χ2n) is 9.29. The van der Waals surface area contributed by atoms with Crippen molar-refractivity contribution in [2.75, 3.05) is 13.2 Å². The Kier molecular flexibility index (Phi) is 5.86. The third-order valence-electron chi connectivity index (χ3n) is 6.27. The number of esters is 4. The highest BCUT2D eigenvalue weighted by Gasteiger charge is 2.65. The van der Waals surface area contributed by atoms with Gasteiger partial charge in [-0.05, 0) is 6.92 Å². The summed E-state index contributed by atoms with van der Waals surface area (Å²) >= 11 is 0. The Morgan fingerprint density at radius 1 is 1.15 bits per heavy atom. The smallest absolute Gasteiger partial charge is 0.338 e. The van der Waals surface area contributed by atoms with Gasteiger partial charge in [0.2, 0.25) is 0 Å². The molecule has 1 aliphatic carbocycles. The summed E-state index contributed by atoms with van der Waals surface area (Å²) in [6, 6.07) is 0. The van der Waals surface area contributed by atoms with Gasteiger partial charge in [0.15, 0.2) is 6.10 Å². The number of ether oxygens (including phenoxy) is 6. The lowest BCUT2D eigenvalue weighted by atomic mass is 9.85. The van der Waals surface area contributed by atoms with Crippen molar-refractivity contribution >= 4 is 23.9 Å². The first-order valence-corrected chi connectivity index (χ1v) is 10.9. The molecule has 3 aliphatic heterocycles. The SMILES string of the molecule is CC(=O)OCC1=C2[C@@H](OC1=O)[C@H]1O[C@@]1(C)/C=C\[C@H]1O[C@@]1(COC(C)=O)C[C@H]2OC(=O)C(C)C. The van der Waals surface area contributed by atoms with Crippen LogP contribution in [0.25, 0.3) is 0 Å². The van der Waals surface area contributed by atoms with E-state index >= 15 is 0 Å². The molecule has 0 N–H and O–H groups in total. The van der Waals surface area contributed by atoms with Crippen LogP contribution in [0.15, 0.2) is 23.3 Å². The Bertz CT molecular complexity index is 949. The molecule has 2 fully saturated rings. The fourth-order valence-corrected chi connectivity index (χ4v) is 4.27. The van der Waals surface area contributed by atoms with Crippen molar-refractivity contribution in [3.63, 3.8) is 0 Å². The third kappa shape index (κ3) is 4.54. The minimum Gasteiger partial charge on any atom is -0.463 e. The molecule has 0 unspecified atom stereocenters. The molecule has 4 aliphatic rings. The Hall–Kier alpha value is -2.72. The van der Waals surface area contributed by atoms with Crippen LogP contribution in [-0.2, 0) is 47.6 Å². The molecule has 3 heterocycles. The van der Waals surface area contributed by atoms with Crippen LogP contribution in [0.5, 0.6) is 0 Å². The van der Waals surface area contributed by atoms with Crippen LogP contribution in [0.1, 0.15) is 41.0 Å². The predicted molar refractivity (Wildman–Crippen MR) is 110 cm³/mol. The molecule has 10 heteroatoms. The quantitative estimate of drug-likeness (QED) is 0.244. The lowest BCUT2D eigenvalue weighted by Crippen LogP contribution is -2.38. The van der Waals surface area contributed by atoms with Gasteiger partial charge in [-0.15, -0.1) is 0 Å². The van der Waals surface area contributed by atoms with E-state index in [9.17, 15) is 19.2 Å². The van der Waals surface area contributed by atoms with Gasteiger partial charge >= 0.3 is 23.9 Å². The zero-order valence-corrected chi connectivity index (χ0v) is 19.2. The fourth-order valence-electron chi connectivity index (χ4n) is 4.27. The second-order valence-corrected chi connectivity index (χ2v) is 9.29. The van der Waals surface area contributed by atoms with E-state index in [0.717, 1.165) is 0 Å². The summed E-state index contributed by atoms with van der Waals surface area (Å²) in [6.07, 6.45) is 1.12. The molecular formula is C23H28O10. The van der Waals surface area contributed by atoms with E-state index in [4.69, 9.17) is 28.4 Å². The van der Waals surface area contributed by atoms with Crippen molar-refractivity contribution in [1.82, 2.24) is 0 Å². The van der Waals surface area contributed by atoms with Gasteiger partial charge in [-0.1, -0.05) is 26.0 Å². The summed E-state index contributed by atoms with van der Waals surface area (Å²) in [7, 11) is 0. The van der Waals surface area contributed by atoms with E-state index in [0.29, 0.717) is 5.57 Å². The van der Waals surface area contributed by atoms with Gasteiger partial charge in [-0.2, -0.15) is 0 Å². The Morgan fingerprint density at radius 3 is 2.48 bits per heavy atom. The van der Waals surface area contributed by atoms with Crippen LogP contribution in [-0.4, -0.2) is 72.7 Å². The molecule has 0 aromatic carbocycles. The fraction of sp³-hybridized carbons (Fsp3) is 0.652. The summed E-state index contributed by atoms with van der Waals surface area (Å²) in [5.41, 5.74) is -1.18. The molecule has 0 saturated carbocycles. The molecule has 2 saturated heterocycles. The van der Waals surface area contributed by atoms with E-state index in [1.807, 2.05) is 19.1 Å². The standard InChI is InChI=1S/C23H28O10/c1-11(2)20(26)30-15-8-23(10-29-13(4)25)16(32-23)6-7-22(5)19(33-22)18-17(15)14(21(27)31-18)9-28-12(3)24/h6-7,11,15-16,18-19H,8-10H2,1-5H3/b7-6-/t15-,16-,18-,19-,22+,23-/m1/s1. The maximum atomic E-state index is 12.8. The first-order valence-electron chi connectivity index (χ1n) is 10.9. The lowest BCUT2D eigenvalue weighted by Gasteiger charge is -2.27. The Balaban J connectivity index is 1.77. The van der Waals surface area contributed by atoms with Crippen LogP contribution >= 0.6 is 0 Å². The molecule has 0 aromatic rings. The van der Waals surface area contributed by atoms with Gasteiger partial charge < -0.3 is 28.4 Å². The molecule has 180 valence electrons. The Morgan fingerprint density at radius 2 is 1.85 bits per heavy atom. The number of hydrogen-bond donors (Lipinski definition) is 0. The van der Waals surface area contributed by atoms with Crippen LogP contribution in [0.2, 0.25) is 0 Å². The van der Waals surface area contributed by atoms with E-state index in [1.165, 1.54) is 13.8 Å². The largest absolute Gasteiger partial charge is 0.463 e. The van der Waals surface area contributed by atoms with Crippen LogP contribution in [0, 0.1) is 5.92 Å². The predicted octanol–water partition coefficient (Wildman–Crippen LogP) is 1.16. The van der Waals surface area contributed by atoms with Crippen molar-refractivity contribution in [1.29, 1.82) is 0 Å². The molecule has 0 aromatic heterocycles. The number of fused-ring (bicyclic) bond motifs is 4. The molecular weight excluding hydrogens is 436 g/mol. The van der Waals surface area contributed by atoms with Crippen LogP contribution in [0.4, 0.5) is 0 Å². The van der Waals surface area contributed by atoms with E-state index in [-0.39, 0.29) is 25.2 Å². The first kappa shape index (κ1) is 23.4. The molecule has 0 spiro atoms. The van der Waals surface area contributed by atoms with Gasteiger partial charge in [0.25, 0.3) is 0 Å². The van der Waals surface area contributed by atoms with Crippen molar-refractivity contribution in [3.8, 4) is 0 Å². The number of rotatable bonds is 6. The average Bonchev–Trinajstić information content (AvgIpc) is 3.57. The monoisotopic (exact) mass is 464 g/mol. The maximum Gasteiger partial charge on any atom is 0.338 e. The average molecular weight is 464 g/mol. The van der Waals surface area contributed by atoms with Gasteiger partial charge in [0.1, 0.15) is 42.7 Å². The summed E-state index contributed by atoms with van der Waals surface area (Å²) in [5.74, 6) is -2.62. The number of carbonyl (C=O) groups is 4. The van der Waals surface area contributed by atoms with Crippen molar-refractivity contribution < 1.29 is 47.6 Å². The summed E-state index contributed by atoms with van der Waals surface area (Å²) in [5, 5.41) is 0. The maximum absolute atomic E-state index is 12.8. The molecule has 0 bridgehead atoms.